The lowest BCUT2D eigenvalue weighted by Crippen LogP contribution is -1.94. The van der Waals surface area contributed by atoms with Gasteiger partial charge in [-0.05, 0) is 36.6 Å². The highest BCUT2D eigenvalue weighted by molar-refractivity contribution is 5.64. The topological polar surface area (TPSA) is 9.23 Å². The third-order valence-corrected chi connectivity index (χ3v) is 3.51. The Kier molecular flexibility index (Phi) is 3.85. The fraction of sp³-hybridized carbons (Fsp3) is 0.263. The molecule has 0 aromatic heterocycles. The molecule has 0 saturated heterocycles. The molecule has 1 aliphatic rings. The molecule has 0 unspecified atom stereocenters. The highest BCUT2D eigenvalue weighted by Crippen LogP contribution is 2.32. The fourth-order valence-electron chi connectivity index (χ4n) is 2.27. The molecular weight excluding hydrogens is 244 g/mol. The summed E-state index contributed by atoms with van der Waals surface area (Å²) in [5.41, 5.74) is 3.55. The van der Waals surface area contributed by atoms with Crippen LogP contribution in [0.5, 0.6) is 0 Å². The van der Waals surface area contributed by atoms with Crippen molar-refractivity contribution in [3.05, 3.63) is 60.2 Å². The quantitative estimate of drug-likeness (QED) is 0.756. The predicted molar refractivity (Wildman–Crippen MR) is 82.3 cm³/mol. The summed E-state index contributed by atoms with van der Waals surface area (Å²) in [6, 6.07) is 18.8. The Morgan fingerprint density at radius 1 is 1.00 bits per heavy atom. The molecule has 0 aliphatic heterocycles. The zero-order chi connectivity index (χ0) is 13.8. The van der Waals surface area contributed by atoms with Gasteiger partial charge in [0.15, 0.2) is 0 Å². The summed E-state index contributed by atoms with van der Waals surface area (Å²) in [5, 5.41) is 0. The Balaban J connectivity index is 1.67. The molecule has 2 aromatic rings. The Morgan fingerprint density at radius 3 is 2.40 bits per heavy atom. The minimum absolute atomic E-state index is 0.371. The van der Waals surface area contributed by atoms with Crippen molar-refractivity contribution in [3.8, 4) is 23.0 Å². The number of ether oxygens (including phenoxy) is 1. The van der Waals surface area contributed by atoms with Gasteiger partial charge < -0.3 is 4.74 Å². The van der Waals surface area contributed by atoms with Gasteiger partial charge in [-0.2, -0.15) is 0 Å². The summed E-state index contributed by atoms with van der Waals surface area (Å²) in [6.45, 7) is 2.82. The number of benzene rings is 2. The van der Waals surface area contributed by atoms with Gasteiger partial charge in [-0.3, -0.25) is 0 Å². The zero-order valence-electron chi connectivity index (χ0n) is 11.7. The minimum atomic E-state index is 0.371. The van der Waals surface area contributed by atoms with E-state index in [1.165, 1.54) is 11.1 Å². The fourth-order valence-corrected chi connectivity index (χ4v) is 2.27. The van der Waals surface area contributed by atoms with Gasteiger partial charge in [-0.25, -0.2) is 0 Å². The van der Waals surface area contributed by atoms with Crippen molar-refractivity contribution >= 4 is 0 Å². The van der Waals surface area contributed by atoms with Crippen LogP contribution in [0.15, 0.2) is 54.6 Å². The van der Waals surface area contributed by atoms with Crippen molar-refractivity contribution in [2.24, 2.45) is 5.92 Å². The van der Waals surface area contributed by atoms with E-state index < -0.39 is 0 Å². The van der Waals surface area contributed by atoms with E-state index in [2.05, 4.69) is 60.4 Å². The summed E-state index contributed by atoms with van der Waals surface area (Å²) < 4.78 is 5.53. The first-order valence-corrected chi connectivity index (χ1v) is 7.15. The van der Waals surface area contributed by atoms with Crippen molar-refractivity contribution in [1.82, 2.24) is 0 Å². The van der Waals surface area contributed by atoms with Crippen molar-refractivity contribution in [2.45, 2.75) is 19.4 Å². The van der Waals surface area contributed by atoms with Crippen LogP contribution in [-0.4, -0.2) is 12.7 Å². The van der Waals surface area contributed by atoms with E-state index in [-0.39, 0.29) is 0 Å². The first-order valence-electron chi connectivity index (χ1n) is 7.15. The highest BCUT2D eigenvalue weighted by atomic mass is 16.5. The Bertz CT molecular complexity index is 616. The standard InChI is InChI=1S/C19H18O/c1-2-20-19-14-18(19)13-10-15-8-11-17(12-9-15)16-6-4-3-5-7-16/h3-9,11-12,18-19H,2,14H2,1H3/t18-,19-/m0/s1. The molecule has 3 rings (SSSR count). The summed E-state index contributed by atoms with van der Waals surface area (Å²) in [5.74, 6) is 6.97. The molecule has 1 saturated carbocycles. The van der Waals surface area contributed by atoms with Gasteiger partial charge >= 0.3 is 0 Å². The molecule has 0 heterocycles. The minimum Gasteiger partial charge on any atom is -0.377 e. The van der Waals surface area contributed by atoms with Crippen LogP contribution in [0.25, 0.3) is 11.1 Å². The first-order chi connectivity index (χ1) is 9.86. The van der Waals surface area contributed by atoms with Crippen LogP contribution >= 0.6 is 0 Å². The maximum Gasteiger partial charge on any atom is 0.0726 e. The number of hydrogen-bond acceptors (Lipinski definition) is 1. The molecule has 0 radical (unpaired) electrons. The van der Waals surface area contributed by atoms with E-state index in [9.17, 15) is 0 Å². The van der Waals surface area contributed by atoms with Crippen LogP contribution in [0.2, 0.25) is 0 Å². The average Bonchev–Trinajstić information content (AvgIpc) is 3.25. The van der Waals surface area contributed by atoms with Crippen LogP contribution in [0.4, 0.5) is 0 Å². The van der Waals surface area contributed by atoms with Gasteiger partial charge in [-0.1, -0.05) is 54.3 Å². The van der Waals surface area contributed by atoms with Gasteiger partial charge in [0.05, 0.1) is 6.10 Å². The van der Waals surface area contributed by atoms with Gasteiger partial charge in [0.2, 0.25) is 0 Å². The summed E-state index contributed by atoms with van der Waals surface area (Å²) in [4.78, 5) is 0. The van der Waals surface area contributed by atoms with Gasteiger partial charge in [0.25, 0.3) is 0 Å². The Morgan fingerprint density at radius 2 is 1.70 bits per heavy atom. The van der Waals surface area contributed by atoms with E-state index in [0.717, 1.165) is 18.6 Å². The molecule has 2 atom stereocenters. The lowest BCUT2D eigenvalue weighted by molar-refractivity contribution is 0.127. The SMILES string of the molecule is CCO[C@H]1C[C@@H]1C#Cc1ccc(-c2ccccc2)cc1. The second-order valence-electron chi connectivity index (χ2n) is 5.05. The molecule has 0 spiro atoms. The third-order valence-electron chi connectivity index (χ3n) is 3.51. The lowest BCUT2D eigenvalue weighted by Gasteiger charge is -2.00. The lowest BCUT2D eigenvalue weighted by atomic mass is 10.0. The van der Waals surface area contributed by atoms with E-state index >= 15 is 0 Å². The third kappa shape index (κ3) is 3.10. The largest absolute Gasteiger partial charge is 0.377 e. The van der Waals surface area contributed by atoms with Crippen LogP contribution in [0, 0.1) is 17.8 Å². The first kappa shape index (κ1) is 13.0. The molecule has 0 bridgehead atoms. The monoisotopic (exact) mass is 262 g/mol. The van der Waals surface area contributed by atoms with Gasteiger partial charge in [0, 0.05) is 18.1 Å². The van der Waals surface area contributed by atoms with E-state index in [4.69, 9.17) is 4.74 Å². The van der Waals surface area contributed by atoms with Crippen LogP contribution < -0.4 is 0 Å². The van der Waals surface area contributed by atoms with Crippen molar-refractivity contribution in [2.75, 3.05) is 6.61 Å². The van der Waals surface area contributed by atoms with Crippen LogP contribution in [-0.2, 0) is 4.74 Å². The zero-order valence-corrected chi connectivity index (χ0v) is 11.7. The second kappa shape index (κ2) is 5.94. The maximum absolute atomic E-state index is 5.53. The van der Waals surface area contributed by atoms with Crippen LogP contribution in [0.1, 0.15) is 18.9 Å². The number of hydrogen-bond donors (Lipinski definition) is 0. The highest BCUT2D eigenvalue weighted by Gasteiger charge is 2.36. The summed E-state index contributed by atoms with van der Waals surface area (Å²) >= 11 is 0. The van der Waals surface area contributed by atoms with Gasteiger partial charge in [0.1, 0.15) is 0 Å². The molecule has 2 aromatic carbocycles. The molecular formula is C19H18O. The molecule has 0 amide bonds. The van der Waals surface area contributed by atoms with E-state index in [1.807, 2.05) is 13.0 Å². The average molecular weight is 262 g/mol. The second-order valence-corrected chi connectivity index (χ2v) is 5.05. The van der Waals surface area contributed by atoms with Crippen LogP contribution in [0.3, 0.4) is 0 Å². The molecule has 20 heavy (non-hydrogen) atoms. The molecule has 1 fully saturated rings. The van der Waals surface area contributed by atoms with E-state index in [0.29, 0.717) is 12.0 Å². The Labute approximate surface area is 120 Å². The Hall–Kier alpha value is -2.04. The molecule has 1 heteroatoms. The smallest absolute Gasteiger partial charge is 0.0726 e. The van der Waals surface area contributed by atoms with Crippen molar-refractivity contribution in [1.29, 1.82) is 0 Å². The normalized spacial score (nSPS) is 20.1. The molecule has 0 N–H and O–H groups in total. The molecule has 1 nitrogen and oxygen atoms in total. The van der Waals surface area contributed by atoms with Gasteiger partial charge in [-0.15, -0.1) is 0 Å². The summed E-state index contributed by atoms with van der Waals surface area (Å²) in [6.07, 6.45) is 1.46. The number of rotatable bonds is 3. The predicted octanol–water partition coefficient (Wildman–Crippen LogP) is 4.13. The van der Waals surface area contributed by atoms with Crippen molar-refractivity contribution < 1.29 is 4.74 Å². The van der Waals surface area contributed by atoms with E-state index in [1.54, 1.807) is 0 Å². The summed E-state index contributed by atoms with van der Waals surface area (Å²) in [7, 11) is 0. The maximum atomic E-state index is 5.53. The molecule has 1 aliphatic carbocycles. The van der Waals surface area contributed by atoms with Crippen molar-refractivity contribution in [3.63, 3.8) is 0 Å². The molecule has 100 valence electrons.